The number of nitrogens with one attached hydrogen (secondary N) is 1. The number of piperazine rings is 1. The number of hydrogen-bond acceptors (Lipinski definition) is 3. The van der Waals surface area contributed by atoms with Crippen molar-refractivity contribution in [3.8, 4) is 0 Å². The van der Waals surface area contributed by atoms with Gasteiger partial charge in [-0.25, -0.2) is 0 Å². The Morgan fingerprint density at radius 1 is 1.16 bits per heavy atom. The summed E-state index contributed by atoms with van der Waals surface area (Å²) in [7, 11) is 1.61. The predicted octanol–water partition coefficient (Wildman–Crippen LogP) is 2.66. The number of rotatable bonds is 4. The summed E-state index contributed by atoms with van der Waals surface area (Å²) in [5, 5.41) is 2.66. The molecule has 0 aromatic heterocycles. The average molecular weight is 402 g/mol. The highest BCUT2D eigenvalue weighted by atomic mass is 79.9. The molecular weight excluding hydrogens is 382 g/mol. The van der Waals surface area contributed by atoms with Crippen LogP contribution in [0.5, 0.6) is 0 Å². The average Bonchev–Trinajstić information content (AvgIpc) is 2.63. The Kier molecular flexibility index (Phi) is 5.38. The lowest BCUT2D eigenvalue weighted by Gasteiger charge is -2.36. The van der Waals surface area contributed by atoms with Gasteiger partial charge in [0, 0.05) is 31.2 Å². The molecule has 2 aromatic rings. The standard InChI is InChI=1S/C19H20BrN3O2/c1-21-19(25)16-8-7-15(20)11-17(16)22-9-10-23(18(24)13-22)12-14-5-3-2-4-6-14/h2-8,11H,9-10,12-13H2,1H3,(H,21,25). The van der Waals surface area contributed by atoms with Crippen molar-refractivity contribution in [3.63, 3.8) is 0 Å². The van der Waals surface area contributed by atoms with E-state index in [0.717, 1.165) is 15.7 Å². The molecule has 2 amide bonds. The van der Waals surface area contributed by atoms with Crippen molar-refractivity contribution in [3.05, 3.63) is 64.1 Å². The van der Waals surface area contributed by atoms with Gasteiger partial charge in [0.25, 0.3) is 5.91 Å². The van der Waals surface area contributed by atoms with Gasteiger partial charge in [0.1, 0.15) is 0 Å². The number of benzene rings is 2. The van der Waals surface area contributed by atoms with Crippen LogP contribution in [0.15, 0.2) is 53.0 Å². The maximum absolute atomic E-state index is 12.6. The van der Waals surface area contributed by atoms with Gasteiger partial charge in [0.05, 0.1) is 17.8 Å². The van der Waals surface area contributed by atoms with Gasteiger partial charge in [-0.15, -0.1) is 0 Å². The van der Waals surface area contributed by atoms with E-state index in [1.54, 1.807) is 13.1 Å². The van der Waals surface area contributed by atoms with Gasteiger partial charge < -0.3 is 15.1 Å². The molecule has 6 heteroatoms. The molecule has 0 atom stereocenters. The molecule has 0 saturated carbocycles. The molecule has 2 aromatic carbocycles. The summed E-state index contributed by atoms with van der Waals surface area (Å²) in [4.78, 5) is 28.6. The number of carbonyl (C=O) groups excluding carboxylic acids is 2. The largest absolute Gasteiger partial charge is 0.360 e. The van der Waals surface area contributed by atoms with Gasteiger partial charge in [0.15, 0.2) is 0 Å². The van der Waals surface area contributed by atoms with Crippen molar-refractivity contribution < 1.29 is 9.59 Å². The minimum absolute atomic E-state index is 0.0675. The number of anilines is 1. The fraction of sp³-hybridized carbons (Fsp3) is 0.263. The number of hydrogen-bond donors (Lipinski definition) is 1. The monoisotopic (exact) mass is 401 g/mol. The smallest absolute Gasteiger partial charge is 0.253 e. The molecule has 1 heterocycles. The molecule has 1 N–H and O–H groups in total. The molecule has 0 spiro atoms. The maximum atomic E-state index is 12.6. The zero-order chi connectivity index (χ0) is 17.8. The van der Waals surface area contributed by atoms with E-state index in [4.69, 9.17) is 0 Å². The summed E-state index contributed by atoms with van der Waals surface area (Å²) in [6.45, 7) is 2.22. The summed E-state index contributed by atoms with van der Waals surface area (Å²) >= 11 is 3.45. The first kappa shape index (κ1) is 17.5. The minimum atomic E-state index is -0.151. The molecule has 1 aliphatic heterocycles. The lowest BCUT2D eigenvalue weighted by Crippen LogP contribution is -2.50. The van der Waals surface area contributed by atoms with E-state index in [2.05, 4.69) is 21.2 Å². The first-order chi connectivity index (χ1) is 12.1. The van der Waals surface area contributed by atoms with Crippen molar-refractivity contribution in [2.75, 3.05) is 31.6 Å². The second-order valence-electron chi connectivity index (χ2n) is 5.96. The molecule has 25 heavy (non-hydrogen) atoms. The van der Waals surface area contributed by atoms with Crippen LogP contribution in [0.1, 0.15) is 15.9 Å². The van der Waals surface area contributed by atoms with Gasteiger partial charge in [-0.05, 0) is 23.8 Å². The van der Waals surface area contributed by atoms with Crippen LogP contribution in [0.4, 0.5) is 5.69 Å². The Labute approximate surface area is 155 Å². The highest BCUT2D eigenvalue weighted by Crippen LogP contribution is 2.27. The third-order valence-electron chi connectivity index (χ3n) is 4.31. The summed E-state index contributed by atoms with van der Waals surface area (Å²) in [6.07, 6.45) is 0. The van der Waals surface area contributed by atoms with E-state index >= 15 is 0 Å². The topological polar surface area (TPSA) is 52.7 Å². The molecule has 0 unspecified atom stereocenters. The van der Waals surface area contributed by atoms with Gasteiger partial charge in [-0.3, -0.25) is 9.59 Å². The molecular formula is C19H20BrN3O2. The predicted molar refractivity (Wildman–Crippen MR) is 102 cm³/mol. The third-order valence-corrected chi connectivity index (χ3v) is 4.80. The fourth-order valence-electron chi connectivity index (χ4n) is 2.98. The number of amides is 2. The van der Waals surface area contributed by atoms with E-state index in [0.29, 0.717) is 25.2 Å². The van der Waals surface area contributed by atoms with Crippen molar-refractivity contribution in [1.29, 1.82) is 0 Å². The Morgan fingerprint density at radius 3 is 2.60 bits per heavy atom. The summed E-state index contributed by atoms with van der Waals surface area (Å²) in [5.41, 5.74) is 2.48. The Balaban J connectivity index is 1.76. The summed E-state index contributed by atoms with van der Waals surface area (Å²) in [6, 6.07) is 15.5. The van der Waals surface area contributed by atoms with Gasteiger partial charge in [-0.1, -0.05) is 46.3 Å². The lowest BCUT2D eigenvalue weighted by atomic mass is 10.1. The quantitative estimate of drug-likeness (QED) is 0.856. The molecule has 0 bridgehead atoms. The molecule has 1 fully saturated rings. The molecule has 0 aliphatic carbocycles. The number of carbonyl (C=O) groups is 2. The fourth-order valence-corrected chi connectivity index (χ4v) is 3.33. The lowest BCUT2D eigenvalue weighted by molar-refractivity contribution is -0.131. The molecule has 1 aliphatic rings. The van der Waals surface area contributed by atoms with Crippen LogP contribution in [0, 0.1) is 0 Å². The van der Waals surface area contributed by atoms with E-state index in [9.17, 15) is 9.59 Å². The Hall–Kier alpha value is -2.34. The zero-order valence-electron chi connectivity index (χ0n) is 14.0. The van der Waals surface area contributed by atoms with Crippen LogP contribution in [0.2, 0.25) is 0 Å². The highest BCUT2D eigenvalue weighted by Gasteiger charge is 2.26. The third kappa shape index (κ3) is 4.02. The molecule has 5 nitrogen and oxygen atoms in total. The van der Waals surface area contributed by atoms with Crippen LogP contribution in [-0.4, -0.2) is 43.4 Å². The minimum Gasteiger partial charge on any atom is -0.360 e. The van der Waals surface area contributed by atoms with Crippen molar-refractivity contribution in [2.24, 2.45) is 0 Å². The number of nitrogens with zero attached hydrogens (tertiary/aromatic N) is 2. The highest BCUT2D eigenvalue weighted by molar-refractivity contribution is 9.10. The van der Waals surface area contributed by atoms with Crippen molar-refractivity contribution >= 4 is 33.4 Å². The van der Waals surface area contributed by atoms with E-state index in [1.807, 2.05) is 52.3 Å². The van der Waals surface area contributed by atoms with Gasteiger partial charge >= 0.3 is 0 Å². The normalized spacial score (nSPS) is 14.6. The second-order valence-corrected chi connectivity index (χ2v) is 6.88. The summed E-state index contributed by atoms with van der Waals surface area (Å²) in [5.74, 6) is -0.0837. The second kappa shape index (κ2) is 7.70. The summed E-state index contributed by atoms with van der Waals surface area (Å²) < 4.78 is 0.884. The molecule has 0 radical (unpaired) electrons. The van der Waals surface area contributed by atoms with Gasteiger partial charge in [0.2, 0.25) is 5.91 Å². The van der Waals surface area contributed by atoms with Crippen LogP contribution < -0.4 is 10.2 Å². The van der Waals surface area contributed by atoms with E-state index < -0.39 is 0 Å². The number of halogens is 1. The molecule has 3 rings (SSSR count). The van der Waals surface area contributed by atoms with Crippen LogP contribution in [-0.2, 0) is 11.3 Å². The van der Waals surface area contributed by atoms with Crippen molar-refractivity contribution in [1.82, 2.24) is 10.2 Å². The Morgan fingerprint density at radius 2 is 1.92 bits per heavy atom. The van der Waals surface area contributed by atoms with Crippen LogP contribution in [0.3, 0.4) is 0 Å². The van der Waals surface area contributed by atoms with Gasteiger partial charge in [-0.2, -0.15) is 0 Å². The Bertz CT molecular complexity index is 779. The van der Waals surface area contributed by atoms with E-state index in [1.165, 1.54) is 0 Å². The van der Waals surface area contributed by atoms with Crippen LogP contribution in [0.25, 0.3) is 0 Å². The van der Waals surface area contributed by atoms with Crippen LogP contribution >= 0.6 is 15.9 Å². The SMILES string of the molecule is CNC(=O)c1ccc(Br)cc1N1CCN(Cc2ccccc2)C(=O)C1. The molecule has 1 saturated heterocycles. The molecule has 130 valence electrons. The van der Waals surface area contributed by atoms with E-state index in [-0.39, 0.29) is 18.4 Å². The first-order valence-electron chi connectivity index (χ1n) is 8.17. The zero-order valence-corrected chi connectivity index (χ0v) is 15.6. The maximum Gasteiger partial charge on any atom is 0.253 e. The first-order valence-corrected chi connectivity index (χ1v) is 8.96. The van der Waals surface area contributed by atoms with Crippen molar-refractivity contribution in [2.45, 2.75) is 6.54 Å².